The number of amides is 1. The van der Waals surface area contributed by atoms with Gasteiger partial charge in [-0.25, -0.2) is 0 Å². The minimum Gasteiger partial charge on any atom is -0.342 e. The Morgan fingerprint density at radius 3 is 2.94 bits per heavy atom. The Balaban J connectivity index is 1.77. The molecule has 0 saturated carbocycles. The van der Waals surface area contributed by atoms with Gasteiger partial charge in [0.05, 0.1) is 0 Å². The van der Waals surface area contributed by atoms with Crippen LogP contribution in [0.5, 0.6) is 0 Å². The lowest BCUT2D eigenvalue weighted by molar-refractivity contribution is -0.127. The van der Waals surface area contributed by atoms with Crippen LogP contribution in [-0.4, -0.2) is 48.4 Å². The summed E-state index contributed by atoms with van der Waals surface area (Å²) in [5.41, 5.74) is 0. The number of hydrogen-bond acceptors (Lipinski definition) is 2. The highest BCUT2D eigenvalue weighted by atomic mass is 16.2. The number of carbonyl (C=O) groups excluding carboxylic acids is 1. The van der Waals surface area contributed by atoms with Gasteiger partial charge in [-0.3, -0.25) is 4.79 Å². The van der Waals surface area contributed by atoms with E-state index in [-0.39, 0.29) is 0 Å². The van der Waals surface area contributed by atoms with Crippen molar-refractivity contribution in [3.05, 3.63) is 12.7 Å². The zero-order chi connectivity index (χ0) is 11.5. The van der Waals surface area contributed by atoms with Crippen molar-refractivity contribution in [3.8, 4) is 0 Å². The topological polar surface area (TPSA) is 23.6 Å². The first-order valence-corrected chi connectivity index (χ1v) is 6.31. The second kappa shape index (κ2) is 5.00. The van der Waals surface area contributed by atoms with Gasteiger partial charge in [0.1, 0.15) is 0 Å². The molecule has 0 spiro atoms. The molecule has 90 valence electrons. The molecule has 2 heterocycles. The summed E-state index contributed by atoms with van der Waals surface area (Å²) in [4.78, 5) is 16.1. The maximum absolute atomic E-state index is 11.7. The van der Waals surface area contributed by atoms with Crippen LogP contribution in [0.4, 0.5) is 0 Å². The predicted octanol–water partition coefficient (Wildman–Crippen LogP) is 1.51. The number of carbonyl (C=O) groups is 1. The second-order valence-corrected chi connectivity index (χ2v) is 5.10. The third-order valence-electron chi connectivity index (χ3n) is 3.98. The standard InChI is InChI=1S/C13H22N2O/c1-3-11-9-13(16)15(10-11)8-6-12-5-4-7-14(12)2/h3,11-12H,1,4-10H2,2H3. The summed E-state index contributed by atoms with van der Waals surface area (Å²) in [5, 5.41) is 0. The van der Waals surface area contributed by atoms with Crippen LogP contribution < -0.4 is 0 Å². The molecular formula is C13H22N2O. The minimum absolute atomic E-state index is 0.311. The van der Waals surface area contributed by atoms with E-state index in [9.17, 15) is 4.79 Å². The molecule has 2 atom stereocenters. The van der Waals surface area contributed by atoms with E-state index in [0.29, 0.717) is 24.3 Å². The van der Waals surface area contributed by atoms with Crippen LogP contribution in [0.25, 0.3) is 0 Å². The van der Waals surface area contributed by atoms with Gasteiger partial charge >= 0.3 is 0 Å². The van der Waals surface area contributed by atoms with E-state index < -0.39 is 0 Å². The van der Waals surface area contributed by atoms with Crippen LogP contribution in [0.1, 0.15) is 25.7 Å². The predicted molar refractivity (Wildman–Crippen MR) is 65.2 cm³/mol. The van der Waals surface area contributed by atoms with Crippen molar-refractivity contribution in [2.75, 3.05) is 26.7 Å². The lowest BCUT2D eigenvalue weighted by Crippen LogP contribution is -2.32. The fourth-order valence-corrected chi connectivity index (χ4v) is 2.83. The van der Waals surface area contributed by atoms with Crippen molar-refractivity contribution in [1.82, 2.24) is 9.80 Å². The van der Waals surface area contributed by atoms with E-state index in [1.165, 1.54) is 19.4 Å². The molecule has 2 aliphatic rings. The molecule has 0 aliphatic carbocycles. The molecule has 2 saturated heterocycles. The van der Waals surface area contributed by atoms with Crippen LogP contribution in [-0.2, 0) is 4.79 Å². The largest absolute Gasteiger partial charge is 0.342 e. The normalized spacial score (nSPS) is 31.3. The number of rotatable bonds is 4. The van der Waals surface area contributed by atoms with Gasteiger partial charge in [0.25, 0.3) is 0 Å². The molecule has 1 amide bonds. The van der Waals surface area contributed by atoms with E-state index in [1.54, 1.807) is 0 Å². The van der Waals surface area contributed by atoms with Gasteiger partial charge in [-0.05, 0) is 32.9 Å². The quantitative estimate of drug-likeness (QED) is 0.673. The van der Waals surface area contributed by atoms with Gasteiger partial charge in [-0.2, -0.15) is 0 Å². The summed E-state index contributed by atoms with van der Waals surface area (Å²) in [7, 11) is 2.19. The summed E-state index contributed by atoms with van der Waals surface area (Å²) in [5.74, 6) is 0.694. The molecule has 3 heteroatoms. The summed E-state index contributed by atoms with van der Waals surface area (Å²) in [6.07, 6.45) is 6.32. The lowest BCUT2D eigenvalue weighted by atomic mass is 10.1. The van der Waals surface area contributed by atoms with E-state index in [1.807, 2.05) is 11.0 Å². The average Bonchev–Trinajstić information content (AvgIpc) is 2.82. The van der Waals surface area contributed by atoms with Crippen molar-refractivity contribution in [1.29, 1.82) is 0 Å². The van der Waals surface area contributed by atoms with E-state index >= 15 is 0 Å². The van der Waals surface area contributed by atoms with Gasteiger partial charge in [0, 0.05) is 31.5 Å². The molecule has 3 nitrogen and oxygen atoms in total. The van der Waals surface area contributed by atoms with Crippen LogP contribution in [0.2, 0.25) is 0 Å². The number of likely N-dealkylation sites (tertiary alicyclic amines) is 2. The molecule has 0 radical (unpaired) electrons. The second-order valence-electron chi connectivity index (χ2n) is 5.10. The highest BCUT2D eigenvalue weighted by Gasteiger charge is 2.29. The van der Waals surface area contributed by atoms with Gasteiger partial charge < -0.3 is 9.80 Å². The molecule has 0 N–H and O–H groups in total. The Morgan fingerprint density at radius 2 is 2.38 bits per heavy atom. The third-order valence-corrected chi connectivity index (χ3v) is 3.98. The fraction of sp³-hybridized carbons (Fsp3) is 0.769. The Kier molecular flexibility index (Phi) is 3.64. The van der Waals surface area contributed by atoms with Gasteiger partial charge in [0.15, 0.2) is 0 Å². The van der Waals surface area contributed by atoms with Gasteiger partial charge in [-0.1, -0.05) is 6.08 Å². The first kappa shape index (κ1) is 11.6. The van der Waals surface area contributed by atoms with Crippen molar-refractivity contribution < 1.29 is 4.79 Å². The number of hydrogen-bond donors (Lipinski definition) is 0. The van der Waals surface area contributed by atoms with Gasteiger partial charge in [-0.15, -0.1) is 6.58 Å². The van der Waals surface area contributed by atoms with Crippen molar-refractivity contribution in [2.45, 2.75) is 31.7 Å². The van der Waals surface area contributed by atoms with Crippen molar-refractivity contribution in [3.63, 3.8) is 0 Å². The lowest BCUT2D eigenvalue weighted by Gasteiger charge is -2.23. The fourth-order valence-electron chi connectivity index (χ4n) is 2.83. The molecule has 0 aromatic rings. The van der Waals surface area contributed by atoms with E-state index in [4.69, 9.17) is 0 Å². The molecule has 2 rings (SSSR count). The Morgan fingerprint density at radius 1 is 1.56 bits per heavy atom. The van der Waals surface area contributed by atoms with Crippen LogP contribution in [0, 0.1) is 5.92 Å². The highest BCUT2D eigenvalue weighted by molar-refractivity contribution is 5.78. The third kappa shape index (κ3) is 2.46. The van der Waals surface area contributed by atoms with Gasteiger partial charge in [0.2, 0.25) is 5.91 Å². The zero-order valence-corrected chi connectivity index (χ0v) is 10.2. The summed E-state index contributed by atoms with van der Waals surface area (Å²) < 4.78 is 0. The Bertz CT molecular complexity index is 277. The Hall–Kier alpha value is -0.830. The number of nitrogens with zero attached hydrogens (tertiary/aromatic N) is 2. The molecule has 2 unspecified atom stereocenters. The van der Waals surface area contributed by atoms with Crippen LogP contribution in [0.15, 0.2) is 12.7 Å². The smallest absolute Gasteiger partial charge is 0.223 e. The maximum Gasteiger partial charge on any atom is 0.223 e. The minimum atomic E-state index is 0.311. The first-order valence-electron chi connectivity index (χ1n) is 6.31. The molecule has 16 heavy (non-hydrogen) atoms. The summed E-state index contributed by atoms with van der Waals surface area (Å²) in [6, 6.07) is 0.690. The van der Waals surface area contributed by atoms with Crippen LogP contribution >= 0.6 is 0 Å². The Labute approximate surface area is 98.1 Å². The van der Waals surface area contributed by atoms with Crippen LogP contribution in [0.3, 0.4) is 0 Å². The van der Waals surface area contributed by atoms with Crippen molar-refractivity contribution in [2.24, 2.45) is 5.92 Å². The van der Waals surface area contributed by atoms with Crippen molar-refractivity contribution >= 4 is 5.91 Å². The molecule has 0 aromatic carbocycles. The molecule has 0 bridgehead atoms. The maximum atomic E-state index is 11.7. The molecule has 2 aliphatic heterocycles. The first-order chi connectivity index (χ1) is 7.70. The summed E-state index contributed by atoms with van der Waals surface area (Å²) >= 11 is 0. The SMILES string of the molecule is C=CC1CC(=O)N(CCC2CCCN2C)C1. The zero-order valence-electron chi connectivity index (χ0n) is 10.2. The highest BCUT2D eigenvalue weighted by Crippen LogP contribution is 2.22. The summed E-state index contributed by atoms with van der Waals surface area (Å²) in [6.45, 7) is 6.81. The molecule has 2 fully saturated rings. The monoisotopic (exact) mass is 222 g/mol. The molecule has 0 aromatic heterocycles. The van der Waals surface area contributed by atoms with E-state index in [0.717, 1.165) is 19.5 Å². The average molecular weight is 222 g/mol. The van der Waals surface area contributed by atoms with E-state index in [2.05, 4.69) is 18.5 Å². The molecular weight excluding hydrogens is 200 g/mol.